The number of carbonyl (C=O) groups is 2. The number of rotatable bonds is 7. The lowest BCUT2D eigenvalue weighted by molar-refractivity contribution is -0.135. The number of ether oxygens (including phenoxy) is 1. The predicted octanol–water partition coefficient (Wildman–Crippen LogP) is 1.62. The summed E-state index contributed by atoms with van der Waals surface area (Å²) in [6, 6.07) is 10.1. The minimum atomic E-state index is 0.0185. The van der Waals surface area contributed by atoms with Gasteiger partial charge in [0.05, 0.1) is 6.61 Å². The molecule has 1 N–H and O–H groups in total. The summed E-state index contributed by atoms with van der Waals surface area (Å²) in [4.78, 5) is 26.1. The first-order chi connectivity index (χ1) is 11.2. The van der Waals surface area contributed by atoms with Crippen LogP contribution in [0.2, 0.25) is 0 Å². The molecular formula is C18H26N2O3. The molecule has 5 heteroatoms. The largest absolute Gasteiger partial charge is 0.383 e. The summed E-state index contributed by atoms with van der Waals surface area (Å²) in [5.41, 5.74) is 1.19. The first-order valence-electron chi connectivity index (χ1n) is 8.29. The summed E-state index contributed by atoms with van der Waals surface area (Å²) in [5.74, 6) is 0.288. The average molecular weight is 318 g/mol. The predicted molar refractivity (Wildman–Crippen MR) is 89.0 cm³/mol. The minimum Gasteiger partial charge on any atom is -0.383 e. The Kier molecular flexibility index (Phi) is 7.07. The summed E-state index contributed by atoms with van der Waals surface area (Å²) in [7, 11) is 1.62. The summed E-state index contributed by atoms with van der Waals surface area (Å²) < 4.78 is 4.92. The Morgan fingerprint density at radius 3 is 2.57 bits per heavy atom. The quantitative estimate of drug-likeness (QED) is 0.777. The molecule has 2 rings (SSSR count). The molecule has 126 valence electrons. The van der Waals surface area contributed by atoms with E-state index < -0.39 is 0 Å². The second kappa shape index (κ2) is 9.30. The van der Waals surface area contributed by atoms with Gasteiger partial charge in [0.15, 0.2) is 0 Å². The van der Waals surface area contributed by atoms with E-state index in [1.54, 1.807) is 7.11 Å². The number of likely N-dealkylation sites (tertiary alicyclic amines) is 1. The first kappa shape index (κ1) is 17.5. The molecular weight excluding hydrogens is 292 g/mol. The van der Waals surface area contributed by atoms with Crippen molar-refractivity contribution < 1.29 is 14.3 Å². The Morgan fingerprint density at radius 1 is 1.22 bits per heavy atom. The molecule has 0 spiro atoms. The van der Waals surface area contributed by atoms with Gasteiger partial charge in [-0.2, -0.15) is 0 Å². The second-order valence-electron chi connectivity index (χ2n) is 5.92. The minimum absolute atomic E-state index is 0.0185. The van der Waals surface area contributed by atoms with Crippen LogP contribution in [-0.4, -0.2) is 50.1 Å². The molecule has 1 fully saturated rings. The summed E-state index contributed by atoms with van der Waals surface area (Å²) >= 11 is 0. The van der Waals surface area contributed by atoms with Gasteiger partial charge in [-0.1, -0.05) is 30.3 Å². The molecule has 0 atom stereocenters. The van der Waals surface area contributed by atoms with Gasteiger partial charge in [-0.25, -0.2) is 0 Å². The van der Waals surface area contributed by atoms with Gasteiger partial charge in [-0.3, -0.25) is 9.59 Å². The maximum atomic E-state index is 12.3. The lowest BCUT2D eigenvalue weighted by atomic mass is 9.95. The molecule has 1 saturated heterocycles. The summed E-state index contributed by atoms with van der Waals surface area (Å²) in [6.07, 6.45) is 2.80. The molecule has 0 radical (unpaired) electrons. The van der Waals surface area contributed by atoms with E-state index in [0.29, 0.717) is 32.7 Å². The number of hydrogen-bond acceptors (Lipinski definition) is 3. The zero-order chi connectivity index (χ0) is 16.5. The van der Waals surface area contributed by atoms with Gasteiger partial charge in [0.25, 0.3) is 0 Å². The van der Waals surface area contributed by atoms with E-state index in [9.17, 15) is 9.59 Å². The Morgan fingerprint density at radius 2 is 1.91 bits per heavy atom. The summed E-state index contributed by atoms with van der Waals surface area (Å²) in [6.45, 7) is 2.43. The lowest BCUT2D eigenvalue weighted by Crippen LogP contribution is -2.43. The van der Waals surface area contributed by atoms with Crippen LogP contribution in [0.25, 0.3) is 0 Å². The molecule has 2 amide bonds. The molecule has 5 nitrogen and oxygen atoms in total. The van der Waals surface area contributed by atoms with Crippen LogP contribution < -0.4 is 5.32 Å². The van der Waals surface area contributed by atoms with E-state index >= 15 is 0 Å². The fourth-order valence-electron chi connectivity index (χ4n) is 2.87. The third-order valence-corrected chi connectivity index (χ3v) is 4.29. The number of piperidine rings is 1. The topological polar surface area (TPSA) is 58.6 Å². The number of hydrogen-bond donors (Lipinski definition) is 1. The smallest absolute Gasteiger partial charge is 0.223 e. The van der Waals surface area contributed by atoms with Crippen LogP contribution >= 0.6 is 0 Å². The van der Waals surface area contributed by atoms with Crippen molar-refractivity contribution in [2.75, 3.05) is 33.4 Å². The molecule has 0 aliphatic carbocycles. The fourth-order valence-corrected chi connectivity index (χ4v) is 2.87. The zero-order valence-corrected chi connectivity index (χ0v) is 13.8. The molecule has 1 aromatic rings. The third-order valence-electron chi connectivity index (χ3n) is 4.29. The monoisotopic (exact) mass is 318 g/mol. The van der Waals surface area contributed by atoms with Gasteiger partial charge in [-0.15, -0.1) is 0 Å². The van der Waals surface area contributed by atoms with Crippen molar-refractivity contribution in [3.8, 4) is 0 Å². The molecule has 1 heterocycles. The van der Waals surface area contributed by atoms with Crippen LogP contribution in [0.4, 0.5) is 0 Å². The summed E-state index contributed by atoms with van der Waals surface area (Å²) in [5, 5.41) is 2.88. The number of amides is 2. The normalized spacial score (nSPS) is 15.4. The highest BCUT2D eigenvalue weighted by atomic mass is 16.5. The van der Waals surface area contributed by atoms with Crippen LogP contribution in [0.1, 0.15) is 24.8 Å². The van der Waals surface area contributed by atoms with Crippen LogP contribution in [0.15, 0.2) is 30.3 Å². The lowest BCUT2D eigenvalue weighted by Gasteiger charge is -2.31. The van der Waals surface area contributed by atoms with Gasteiger partial charge < -0.3 is 15.0 Å². The SMILES string of the molecule is COCCNC(=O)C1CCN(C(=O)CCc2ccccc2)CC1. The van der Waals surface area contributed by atoms with Gasteiger partial charge in [0.1, 0.15) is 0 Å². The van der Waals surface area contributed by atoms with Gasteiger partial charge in [0, 0.05) is 39.1 Å². The molecule has 23 heavy (non-hydrogen) atoms. The van der Waals surface area contributed by atoms with Crippen molar-refractivity contribution in [1.29, 1.82) is 0 Å². The molecule has 1 aliphatic rings. The highest BCUT2D eigenvalue weighted by molar-refractivity contribution is 5.80. The number of aryl methyl sites for hydroxylation is 1. The average Bonchev–Trinajstić information content (AvgIpc) is 2.61. The van der Waals surface area contributed by atoms with E-state index in [0.717, 1.165) is 19.3 Å². The van der Waals surface area contributed by atoms with E-state index in [1.165, 1.54) is 5.56 Å². The van der Waals surface area contributed by atoms with E-state index in [1.807, 2.05) is 35.2 Å². The van der Waals surface area contributed by atoms with Crippen LogP contribution in [-0.2, 0) is 20.7 Å². The second-order valence-corrected chi connectivity index (χ2v) is 5.92. The number of carbonyl (C=O) groups excluding carboxylic acids is 2. The highest BCUT2D eigenvalue weighted by Gasteiger charge is 2.26. The van der Waals surface area contributed by atoms with Gasteiger partial charge >= 0.3 is 0 Å². The Labute approximate surface area is 138 Å². The third kappa shape index (κ3) is 5.67. The number of methoxy groups -OCH3 is 1. The van der Waals surface area contributed by atoms with Crippen LogP contribution in [0.5, 0.6) is 0 Å². The van der Waals surface area contributed by atoms with Crippen molar-refractivity contribution in [2.45, 2.75) is 25.7 Å². The number of benzene rings is 1. The van der Waals surface area contributed by atoms with Crippen molar-refractivity contribution in [1.82, 2.24) is 10.2 Å². The Bertz CT molecular complexity index is 496. The zero-order valence-electron chi connectivity index (χ0n) is 13.8. The van der Waals surface area contributed by atoms with Gasteiger partial charge in [0.2, 0.25) is 11.8 Å². The maximum absolute atomic E-state index is 12.3. The van der Waals surface area contributed by atoms with Crippen molar-refractivity contribution in [3.63, 3.8) is 0 Å². The van der Waals surface area contributed by atoms with Crippen LogP contribution in [0.3, 0.4) is 0 Å². The van der Waals surface area contributed by atoms with E-state index in [4.69, 9.17) is 4.74 Å². The fraction of sp³-hybridized carbons (Fsp3) is 0.556. The van der Waals surface area contributed by atoms with Crippen molar-refractivity contribution in [3.05, 3.63) is 35.9 Å². The number of nitrogens with one attached hydrogen (secondary N) is 1. The molecule has 0 saturated carbocycles. The van der Waals surface area contributed by atoms with Crippen LogP contribution in [0, 0.1) is 5.92 Å². The standard InChI is InChI=1S/C18H26N2O3/c1-23-14-11-19-18(22)16-9-12-20(13-10-16)17(21)8-7-15-5-3-2-4-6-15/h2-6,16H,7-14H2,1H3,(H,19,22). The molecule has 1 aliphatic heterocycles. The van der Waals surface area contributed by atoms with Crippen molar-refractivity contribution >= 4 is 11.8 Å². The van der Waals surface area contributed by atoms with E-state index in [2.05, 4.69) is 5.32 Å². The van der Waals surface area contributed by atoms with E-state index in [-0.39, 0.29) is 17.7 Å². The molecule has 0 aromatic heterocycles. The molecule has 0 bridgehead atoms. The molecule has 1 aromatic carbocycles. The molecule has 0 unspecified atom stereocenters. The maximum Gasteiger partial charge on any atom is 0.223 e. The van der Waals surface area contributed by atoms with Crippen molar-refractivity contribution in [2.24, 2.45) is 5.92 Å². The Balaban J connectivity index is 1.69. The van der Waals surface area contributed by atoms with Gasteiger partial charge in [-0.05, 0) is 24.8 Å². The highest BCUT2D eigenvalue weighted by Crippen LogP contribution is 2.18. The Hall–Kier alpha value is -1.88. The first-order valence-corrected chi connectivity index (χ1v) is 8.29. The number of nitrogens with zero attached hydrogens (tertiary/aromatic N) is 1.